The molecule has 152 valence electrons. The van der Waals surface area contributed by atoms with Crippen LogP contribution in [0.5, 0.6) is 11.5 Å². The SMILES string of the molecule is CC[C@]1(C)Cc2cc(NC(=O)c3cnn4cccnc34)c(OC(F)(F)F)cc2O1. The van der Waals surface area contributed by atoms with Gasteiger partial charge in [0.25, 0.3) is 5.91 Å². The minimum Gasteiger partial charge on any atom is -0.487 e. The second-order valence-electron chi connectivity index (χ2n) is 6.99. The van der Waals surface area contributed by atoms with E-state index in [-0.39, 0.29) is 16.9 Å². The highest BCUT2D eigenvalue weighted by Gasteiger charge is 2.37. The van der Waals surface area contributed by atoms with Gasteiger partial charge >= 0.3 is 6.36 Å². The number of anilines is 1. The summed E-state index contributed by atoms with van der Waals surface area (Å²) in [6, 6.07) is 4.25. The fraction of sp³-hybridized carbons (Fsp3) is 0.316. The number of fused-ring (bicyclic) bond motifs is 2. The summed E-state index contributed by atoms with van der Waals surface area (Å²) in [5.74, 6) is -0.888. The summed E-state index contributed by atoms with van der Waals surface area (Å²) < 4.78 is 50.1. The zero-order valence-corrected chi connectivity index (χ0v) is 15.6. The van der Waals surface area contributed by atoms with Crippen molar-refractivity contribution in [1.29, 1.82) is 0 Å². The average Bonchev–Trinajstić information content (AvgIpc) is 3.21. The van der Waals surface area contributed by atoms with Crippen molar-refractivity contribution in [2.75, 3.05) is 5.32 Å². The number of halogens is 3. The summed E-state index contributed by atoms with van der Waals surface area (Å²) in [4.78, 5) is 16.8. The molecule has 7 nitrogen and oxygen atoms in total. The lowest BCUT2D eigenvalue weighted by molar-refractivity contribution is -0.274. The molecular formula is C19H17F3N4O3. The molecule has 0 aliphatic carbocycles. The van der Waals surface area contributed by atoms with E-state index >= 15 is 0 Å². The van der Waals surface area contributed by atoms with Crippen molar-refractivity contribution in [2.45, 2.75) is 38.7 Å². The van der Waals surface area contributed by atoms with E-state index in [0.717, 1.165) is 6.07 Å². The molecule has 4 rings (SSSR count). The first kappa shape index (κ1) is 19.0. The monoisotopic (exact) mass is 406 g/mol. The van der Waals surface area contributed by atoms with Crippen LogP contribution < -0.4 is 14.8 Å². The van der Waals surface area contributed by atoms with Gasteiger partial charge in [0, 0.05) is 30.4 Å². The van der Waals surface area contributed by atoms with E-state index in [4.69, 9.17) is 4.74 Å². The summed E-state index contributed by atoms with van der Waals surface area (Å²) in [7, 11) is 0. The standard InChI is InChI=1S/C19H17F3N4O3/c1-3-18(2)9-11-7-13(15(8-14(11)28-18)29-19(20,21)22)25-17(27)12-10-24-26-6-4-5-23-16(12)26/h4-8,10H,3,9H2,1-2H3,(H,25,27)/t18-/m1/s1. The lowest BCUT2D eigenvalue weighted by atomic mass is 9.96. The number of alkyl halides is 3. The molecule has 3 aromatic rings. The fourth-order valence-electron chi connectivity index (χ4n) is 3.22. The molecule has 0 saturated carbocycles. The highest BCUT2D eigenvalue weighted by molar-refractivity contribution is 6.08. The predicted octanol–water partition coefficient (Wildman–Crippen LogP) is 3.98. The van der Waals surface area contributed by atoms with Gasteiger partial charge in [0.1, 0.15) is 16.9 Å². The third-order valence-corrected chi connectivity index (χ3v) is 4.83. The van der Waals surface area contributed by atoms with Crippen LogP contribution in [-0.4, -0.2) is 32.5 Å². The van der Waals surface area contributed by atoms with Crippen LogP contribution in [0.15, 0.2) is 36.8 Å². The van der Waals surface area contributed by atoms with Crippen LogP contribution in [0.1, 0.15) is 36.2 Å². The van der Waals surface area contributed by atoms with Crippen molar-refractivity contribution in [3.63, 3.8) is 0 Å². The van der Waals surface area contributed by atoms with Crippen LogP contribution in [-0.2, 0) is 6.42 Å². The van der Waals surface area contributed by atoms with Crippen molar-refractivity contribution in [3.8, 4) is 11.5 Å². The highest BCUT2D eigenvalue weighted by atomic mass is 19.4. The Balaban J connectivity index is 1.70. The first-order valence-corrected chi connectivity index (χ1v) is 8.89. The number of rotatable bonds is 4. The Bertz CT molecular complexity index is 1100. The average molecular weight is 406 g/mol. The molecule has 1 amide bonds. The number of ether oxygens (including phenoxy) is 2. The number of hydrogen-bond acceptors (Lipinski definition) is 5. The van der Waals surface area contributed by atoms with Crippen molar-refractivity contribution < 1.29 is 27.4 Å². The third kappa shape index (κ3) is 3.69. The molecule has 0 bridgehead atoms. The maximum Gasteiger partial charge on any atom is 0.573 e. The van der Waals surface area contributed by atoms with Crippen LogP contribution in [0.4, 0.5) is 18.9 Å². The molecule has 1 atom stereocenters. The normalized spacial score (nSPS) is 18.4. The van der Waals surface area contributed by atoms with Crippen LogP contribution in [0, 0.1) is 0 Å². The number of hydrogen-bond donors (Lipinski definition) is 1. The highest BCUT2D eigenvalue weighted by Crippen LogP contribution is 2.43. The van der Waals surface area contributed by atoms with Gasteiger partial charge in [-0.3, -0.25) is 4.79 Å². The molecule has 0 unspecified atom stereocenters. The quantitative estimate of drug-likeness (QED) is 0.709. The number of nitrogens with one attached hydrogen (secondary N) is 1. The van der Waals surface area contributed by atoms with E-state index in [1.165, 1.54) is 23.0 Å². The largest absolute Gasteiger partial charge is 0.573 e. The van der Waals surface area contributed by atoms with Gasteiger partial charge in [-0.1, -0.05) is 6.92 Å². The van der Waals surface area contributed by atoms with Gasteiger partial charge in [-0.2, -0.15) is 5.10 Å². The molecule has 0 radical (unpaired) electrons. The number of amides is 1. The number of aromatic nitrogens is 3. The predicted molar refractivity (Wildman–Crippen MR) is 97.1 cm³/mol. The molecular weight excluding hydrogens is 389 g/mol. The van der Waals surface area contributed by atoms with Gasteiger partial charge in [-0.15, -0.1) is 13.2 Å². The molecule has 0 saturated heterocycles. The number of benzene rings is 1. The molecule has 0 fully saturated rings. The lowest BCUT2D eigenvalue weighted by Gasteiger charge is -2.21. The molecule has 10 heteroatoms. The van der Waals surface area contributed by atoms with Gasteiger partial charge in [0.15, 0.2) is 11.4 Å². The van der Waals surface area contributed by atoms with Gasteiger partial charge < -0.3 is 14.8 Å². The third-order valence-electron chi connectivity index (χ3n) is 4.83. The Morgan fingerprint density at radius 1 is 1.41 bits per heavy atom. The van der Waals surface area contributed by atoms with Gasteiger partial charge in [0.2, 0.25) is 0 Å². The number of carbonyl (C=O) groups is 1. The molecule has 1 N–H and O–H groups in total. The zero-order valence-electron chi connectivity index (χ0n) is 15.6. The van der Waals surface area contributed by atoms with Crippen molar-refractivity contribution in [2.24, 2.45) is 0 Å². The van der Waals surface area contributed by atoms with E-state index < -0.39 is 23.6 Å². The molecule has 1 aromatic carbocycles. The Morgan fingerprint density at radius 3 is 2.93 bits per heavy atom. The van der Waals surface area contributed by atoms with Gasteiger partial charge in [0.05, 0.1) is 11.9 Å². The van der Waals surface area contributed by atoms with Gasteiger partial charge in [-0.25, -0.2) is 9.50 Å². The molecule has 29 heavy (non-hydrogen) atoms. The summed E-state index contributed by atoms with van der Waals surface area (Å²) in [6.07, 6.45) is 0.651. The van der Waals surface area contributed by atoms with Crippen molar-refractivity contribution in [3.05, 3.63) is 47.9 Å². The fourth-order valence-corrected chi connectivity index (χ4v) is 3.22. The Labute approximate surface area is 163 Å². The topological polar surface area (TPSA) is 77.8 Å². The van der Waals surface area contributed by atoms with E-state index in [1.54, 1.807) is 12.3 Å². The first-order chi connectivity index (χ1) is 13.7. The Morgan fingerprint density at radius 2 is 2.21 bits per heavy atom. The smallest absolute Gasteiger partial charge is 0.487 e. The number of carbonyl (C=O) groups excluding carboxylic acids is 1. The van der Waals surface area contributed by atoms with Crippen LogP contribution in [0.25, 0.3) is 5.65 Å². The molecule has 1 aliphatic heterocycles. The minimum atomic E-state index is -4.92. The molecule has 2 aromatic heterocycles. The second-order valence-corrected chi connectivity index (χ2v) is 6.99. The second kappa shape index (κ2) is 6.64. The summed E-state index contributed by atoms with van der Waals surface area (Å²) >= 11 is 0. The van der Waals surface area contributed by atoms with E-state index in [1.807, 2.05) is 13.8 Å². The molecule has 3 heterocycles. The lowest BCUT2D eigenvalue weighted by Crippen LogP contribution is -2.28. The van der Waals surface area contributed by atoms with Crippen molar-refractivity contribution >= 4 is 17.2 Å². The summed E-state index contributed by atoms with van der Waals surface area (Å²) in [5.41, 5.74) is 0.472. The summed E-state index contributed by atoms with van der Waals surface area (Å²) in [5, 5.41) is 6.50. The van der Waals surface area contributed by atoms with E-state index in [0.29, 0.717) is 24.2 Å². The Kier molecular flexibility index (Phi) is 4.36. The maximum atomic E-state index is 12.9. The minimum absolute atomic E-state index is 0.106. The van der Waals surface area contributed by atoms with Crippen molar-refractivity contribution in [1.82, 2.24) is 14.6 Å². The first-order valence-electron chi connectivity index (χ1n) is 8.89. The number of nitrogens with zero attached hydrogens (tertiary/aromatic N) is 3. The van der Waals surface area contributed by atoms with E-state index in [9.17, 15) is 18.0 Å². The van der Waals surface area contributed by atoms with Crippen LogP contribution in [0.2, 0.25) is 0 Å². The van der Waals surface area contributed by atoms with Crippen LogP contribution >= 0.6 is 0 Å². The van der Waals surface area contributed by atoms with E-state index in [2.05, 4.69) is 20.1 Å². The Hall–Kier alpha value is -3.30. The van der Waals surface area contributed by atoms with Gasteiger partial charge in [-0.05, 0) is 25.5 Å². The zero-order chi connectivity index (χ0) is 20.8. The summed E-state index contributed by atoms with van der Waals surface area (Å²) in [6.45, 7) is 3.81. The maximum absolute atomic E-state index is 12.9. The molecule has 1 aliphatic rings. The van der Waals surface area contributed by atoms with Crippen LogP contribution in [0.3, 0.4) is 0 Å². The molecule has 0 spiro atoms.